The highest BCUT2D eigenvalue weighted by Gasteiger charge is 2.18. The molecule has 0 unspecified atom stereocenters. The molecule has 0 N–H and O–H groups in total. The normalized spacial score (nSPS) is 11.8. The summed E-state index contributed by atoms with van der Waals surface area (Å²) in [5.41, 5.74) is 1.37. The molecule has 4 aromatic rings. The van der Waals surface area contributed by atoms with E-state index >= 15 is 0 Å². The Kier molecular flexibility index (Phi) is 6.96. The molecular weight excluding hydrogens is 440 g/mol. The molecule has 33 heavy (non-hydrogen) atoms. The van der Waals surface area contributed by atoms with Crippen LogP contribution in [0.3, 0.4) is 0 Å². The maximum absolute atomic E-state index is 13.2. The number of hydrogen-bond acceptors (Lipinski definition) is 6. The van der Waals surface area contributed by atoms with E-state index in [1.54, 1.807) is 12.1 Å². The highest BCUT2D eigenvalue weighted by Crippen LogP contribution is 2.38. The van der Waals surface area contributed by atoms with Crippen LogP contribution in [0, 0.1) is 0 Å². The molecule has 7 nitrogen and oxygen atoms in total. The van der Waals surface area contributed by atoms with Crippen molar-refractivity contribution in [2.75, 3.05) is 34.5 Å². The van der Waals surface area contributed by atoms with Gasteiger partial charge >= 0.3 is 0 Å². The molecule has 0 bridgehead atoms. The van der Waals surface area contributed by atoms with Crippen molar-refractivity contribution in [3.63, 3.8) is 0 Å². The van der Waals surface area contributed by atoms with E-state index in [1.165, 1.54) is 32.7 Å². The van der Waals surface area contributed by atoms with Gasteiger partial charge in [-0.25, -0.2) is 0 Å². The molecule has 172 valence electrons. The number of fused-ring (bicyclic) bond motifs is 3. The predicted molar refractivity (Wildman–Crippen MR) is 130 cm³/mol. The van der Waals surface area contributed by atoms with Crippen LogP contribution in [0.4, 0.5) is 0 Å². The zero-order chi connectivity index (χ0) is 23.4. The van der Waals surface area contributed by atoms with E-state index in [0.29, 0.717) is 47.4 Å². The number of aromatic nitrogens is 1. The monoisotopic (exact) mass is 466 g/mol. The number of methoxy groups -OCH3 is 3. The zero-order valence-electron chi connectivity index (χ0n) is 19.1. The highest BCUT2D eigenvalue weighted by molar-refractivity contribution is 7.17. The van der Waals surface area contributed by atoms with Crippen LogP contribution in [0.1, 0.15) is 17.3 Å². The number of amides is 1. The third-order valence-electron chi connectivity index (χ3n) is 5.35. The van der Waals surface area contributed by atoms with Crippen LogP contribution >= 0.6 is 11.3 Å². The average molecular weight is 467 g/mol. The van der Waals surface area contributed by atoms with E-state index in [2.05, 4.69) is 29.3 Å². The van der Waals surface area contributed by atoms with Crippen LogP contribution in [0.15, 0.2) is 53.5 Å². The average Bonchev–Trinajstić information content (AvgIpc) is 3.20. The third kappa shape index (κ3) is 4.44. The van der Waals surface area contributed by atoms with E-state index in [-0.39, 0.29) is 0 Å². The van der Waals surface area contributed by atoms with Gasteiger partial charge in [-0.1, -0.05) is 41.7 Å². The lowest BCUT2D eigenvalue weighted by atomic mass is 10.1. The van der Waals surface area contributed by atoms with Crippen LogP contribution < -0.4 is 19.0 Å². The fourth-order valence-electron chi connectivity index (χ4n) is 3.76. The molecule has 0 aliphatic rings. The minimum absolute atomic E-state index is 0.350. The summed E-state index contributed by atoms with van der Waals surface area (Å²) >= 11 is 1.49. The molecule has 0 radical (unpaired) electrons. The molecule has 0 spiro atoms. The highest BCUT2D eigenvalue weighted by atomic mass is 32.1. The first-order valence-corrected chi connectivity index (χ1v) is 11.4. The molecule has 0 fully saturated rings. The summed E-state index contributed by atoms with van der Waals surface area (Å²) in [6.45, 7) is 3.71. The lowest BCUT2D eigenvalue weighted by Gasteiger charge is -2.12. The van der Waals surface area contributed by atoms with Crippen molar-refractivity contribution in [3.05, 3.63) is 58.9 Å². The minimum atomic E-state index is -0.393. The summed E-state index contributed by atoms with van der Waals surface area (Å²) in [5, 5.41) is 2.28. The molecule has 8 heteroatoms. The van der Waals surface area contributed by atoms with E-state index in [9.17, 15) is 4.79 Å². The quantitative estimate of drug-likeness (QED) is 0.353. The topological polar surface area (TPSA) is 71.3 Å². The third-order valence-corrected chi connectivity index (χ3v) is 6.47. The molecule has 1 heterocycles. The fraction of sp³-hybridized carbons (Fsp3) is 0.280. The number of ether oxygens (including phenoxy) is 4. The Bertz CT molecular complexity index is 1350. The van der Waals surface area contributed by atoms with Gasteiger partial charge in [0.25, 0.3) is 5.91 Å². The van der Waals surface area contributed by atoms with Crippen molar-refractivity contribution in [1.29, 1.82) is 0 Å². The molecular formula is C25H26N2O5S. The predicted octanol–water partition coefficient (Wildman–Crippen LogP) is 4.66. The van der Waals surface area contributed by atoms with Crippen molar-refractivity contribution in [2.24, 2.45) is 4.99 Å². The van der Waals surface area contributed by atoms with Gasteiger partial charge in [-0.2, -0.15) is 4.99 Å². The van der Waals surface area contributed by atoms with Crippen LogP contribution in [0.5, 0.6) is 17.2 Å². The van der Waals surface area contributed by atoms with Gasteiger partial charge in [0, 0.05) is 24.1 Å². The van der Waals surface area contributed by atoms with Gasteiger partial charge in [-0.05, 0) is 30.5 Å². The summed E-state index contributed by atoms with van der Waals surface area (Å²) in [7, 11) is 4.55. The second-order valence-electron chi connectivity index (χ2n) is 7.20. The van der Waals surface area contributed by atoms with E-state index in [0.717, 1.165) is 21.0 Å². The molecule has 1 amide bonds. The van der Waals surface area contributed by atoms with E-state index in [4.69, 9.17) is 18.9 Å². The summed E-state index contributed by atoms with van der Waals surface area (Å²) in [6.07, 6.45) is 0. The van der Waals surface area contributed by atoms with Crippen molar-refractivity contribution >= 4 is 38.2 Å². The summed E-state index contributed by atoms with van der Waals surface area (Å²) in [4.78, 5) is 18.3. The Labute approximate surface area is 195 Å². The molecule has 0 saturated carbocycles. The Morgan fingerprint density at radius 2 is 1.73 bits per heavy atom. The van der Waals surface area contributed by atoms with Crippen LogP contribution in [-0.2, 0) is 11.3 Å². The number of nitrogens with zero attached hydrogens (tertiary/aromatic N) is 2. The van der Waals surface area contributed by atoms with Crippen LogP contribution in [-0.4, -0.2) is 45.0 Å². The van der Waals surface area contributed by atoms with Gasteiger partial charge in [-0.3, -0.25) is 4.79 Å². The smallest absolute Gasteiger partial charge is 0.279 e. The SMILES string of the molecule is CCOCCn1c(=NC(=O)c2cc(OC)c(OC)c(OC)c2)sc2c3ccccc3ccc21. The van der Waals surface area contributed by atoms with Gasteiger partial charge in [0.1, 0.15) is 0 Å². The molecule has 0 aliphatic carbocycles. The van der Waals surface area contributed by atoms with Gasteiger partial charge in [0.05, 0.1) is 38.2 Å². The van der Waals surface area contributed by atoms with Crippen LogP contribution in [0.2, 0.25) is 0 Å². The second kappa shape index (κ2) is 10.1. The lowest BCUT2D eigenvalue weighted by Crippen LogP contribution is -2.19. The molecule has 0 saturated heterocycles. The Morgan fingerprint density at radius 3 is 2.39 bits per heavy atom. The number of hydrogen-bond donors (Lipinski definition) is 0. The first-order valence-electron chi connectivity index (χ1n) is 10.6. The van der Waals surface area contributed by atoms with Gasteiger partial charge in [-0.15, -0.1) is 0 Å². The van der Waals surface area contributed by atoms with Crippen molar-refractivity contribution in [2.45, 2.75) is 13.5 Å². The standard InChI is InChI=1S/C25H26N2O5S/c1-5-32-13-12-27-19-11-10-16-8-6-7-9-18(16)23(19)33-25(27)26-24(28)17-14-20(29-2)22(31-4)21(15-17)30-3/h6-11,14-15H,5,12-13H2,1-4H3. The van der Waals surface area contributed by atoms with Crippen molar-refractivity contribution in [3.8, 4) is 17.2 Å². The van der Waals surface area contributed by atoms with Crippen molar-refractivity contribution in [1.82, 2.24) is 4.57 Å². The molecule has 4 rings (SSSR count). The second-order valence-corrected chi connectivity index (χ2v) is 8.18. The van der Waals surface area contributed by atoms with Crippen LogP contribution in [0.25, 0.3) is 21.0 Å². The first kappa shape index (κ1) is 22.8. The van der Waals surface area contributed by atoms with E-state index < -0.39 is 5.91 Å². The number of rotatable bonds is 8. The number of carbonyl (C=O) groups excluding carboxylic acids is 1. The van der Waals surface area contributed by atoms with Crippen molar-refractivity contribution < 1.29 is 23.7 Å². The van der Waals surface area contributed by atoms with Gasteiger partial charge in [0.15, 0.2) is 16.3 Å². The summed E-state index contributed by atoms with van der Waals surface area (Å²) in [6, 6.07) is 15.6. The maximum Gasteiger partial charge on any atom is 0.279 e. The first-order chi connectivity index (χ1) is 16.1. The van der Waals surface area contributed by atoms with Gasteiger partial charge < -0.3 is 23.5 Å². The summed E-state index contributed by atoms with van der Waals surface area (Å²) < 4.78 is 24.8. The zero-order valence-corrected chi connectivity index (χ0v) is 19.9. The Hall–Kier alpha value is -3.36. The van der Waals surface area contributed by atoms with Gasteiger partial charge in [0.2, 0.25) is 5.75 Å². The lowest BCUT2D eigenvalue weighted by molar-refractivity contribution is 0.0996. The molecule has 3 aromatic carbocycles. The minimum Gasteiger partial charge on any atom is -0.493 e. The Balaban J connectivity index is 1.87. The number of benzene rings is 3. The summed E-state index contributed by atoms with van der Waals surface area (Å²) in [5.74, 6) is 0.843. The molecule has 0 aliphatic heterocycles. The molecule has 1 aromatic heterocycles. The fourth-order valence-corrected chi connectivity index (χ4v) is 4.95. The number of carbonyl (C=O) groups is 1. The Morgan fingerprint density at radius 1 is 1.00 bits per heavy atom. The maximum atomic E-state index is 13.2. The molecule has 0 atom stereocenters. The largest absolute Gasteiger partial charge is 0.493 e. The van der Waals surface area contributed by atoms with E-state index in [1.807, 2.05) is 23.6 Å². The number of thiazole rings is 1.